The monoisotopic (exact) mass is 319 g/mol. The number of hydrogen-bond acceptors (Lipinski definition) is 5. The highest BCUT2D eigenvalue weighted by Gasteiger charge is 2.17. The van der Waals surface area contributed by atoms with Crippen LogP contribution in [0.4, 0.5) is 0 Å². The fraction of sp³-hybridized carbons (Fsp3) is 0.375. The lowest BCUT2D eigenvalue weighted by atomic mass is 10.1. The van der Waals surface area contributed by atoms with Gasteiger partial charge in [-0.25, -0.2) is 0 Å². The quantitative estimate of drug-likeness (QED) is 0.842. The van der Waals surface area contributed by atoms with Gasteiger partial charge in [-0.2, -0.15) is 5.10 Å². The largest absolute Gasteiger partial charge is 0.496 e. The summed E-state index contributed by atoms with van der Waals surface area (Å²) < 4.78 is 17.5. The molecule has 0 aliphatic rings. The Morgan fingerprint density at radius 3 is 2.39 bits per heavy atom. The first-order valence-electron chi connectivity index (χ1n) is 7.16. The Morgan fingerprint density at radius 2 is 1.83 bits per heavy atom. The molecule has 2 rings (SSSR count). The molecule has 0 bridgehead atoms. The van der Waals surface area contributed by atoms with E-state index in [0.29, 0.717) is 23.8 Å². The van der Waals surface area contributed by atoms with Gasteiger partial charge in [-0.1, -0.05) is 0 Å². The van der Waals surface area contributed by atoms with Gasteiger partial charge in [-0.05, 0) is 19.1 Å². The summed E-state index contributed by atoms with van der Waals surface area (Å²) in [5.74, 6) is 1.64. The first-order chi connectivity index (χ1) is 11.1. The van der Waals surface area contributed by atoms with Crippen LogP contribution in [0.3, 0.4) is 0 Å². The zero-order valence-electron chi connectivity index (χ0n) is 13.7. The molecule has 0 aliphatic carbocycles. The first-order valence-corrected chi connectivity index (χ1v) is 7.16. The lowest BCUT2D eigenvalue weighted by Crippen LogP contribution is -2.31. The molecule has 0 fully saturated rings. The average Bonchev–Trinajstić information content (AvgIpc) is 3.12. The van der Waals surface area contributed by atoms with Gasteiger partial charge in [0.1, 0.15) is 11.8 Å². The minimum Gasteiger partial charge on any atom is -0.496 e. The van der Waals surface area contributed by atoms with E-state index < -0.39 is 6.04 Å². The van der Waals surface area contributed by atoms with Crippen molar-refractivity contribution in [2.45, 2.75) is 19.5 Å². The fourth-order valence-electron chi connectivity index (χ4n) is 2.19. The number of carbonyl (C=O) groups excluding carboxylic acids is 1. The smallest absolute Gasteiger partial charge is 0.244 e. The molecule has 0 saturated heterocycles. The Hall–Kier alpha value is -2.70. The molecule has 0 saturated carbocycles. The van der Waals surface area contributed by atoms with Crippen LogP contribution >= 0.6 is 0 Å². The van der Waals surface area contributed by atoms with Crippen molar-refractivity contribution in [3.05, 3.63) is 36.2 Å². The zero-order chi connectivity index (χ0) is 16.8. The van der Waals surface area contributed by atoms with Crippen LogP contribution in [-0.2, 0) is 11.3 Å². The molecule has 1 N–H and O–H groups in total. The van der Waals surface area contributed by atoms with E-state index in [0.717, 1.165) is 5.56 Å². The van der Waals surface area contributed by atoms with E-state index in [9.17, 15) is 4.79 Å². The van der Waals surface area contributed by atoms with E-state index >= 15 is 0 Å². The van der Waals surface area contributed by atoms with Crippen molar-refractivity contribution in [3.63, 3.8) is 0 Å². The molecule has 0 aliphatic heterocycles. The summed E-state index contributed by atoms with van der Waals surface area (Å²) in [5, 5.41) is 6.94. The number of nitrogens with one attached hydrogen (secondary N) is 1. The summed E-state index contributed by atoms with van der Waals surface area (Å²) in [5.41, 5.74) is 0.797. The molecule has 7 heteroatoms. The van der Waals surface area contributed by atoms with Gasteiger partial charge in [0.25, 0.3) is 0 Å². The Morgan fingerprint density at radius 1 is 1.17 bits per heavy atom. The molecule has 1 atom stereocenters. The lowest BCUT2D eigenvalue weighted by Gasteiger charge is -2.16. The molecule has 1 aromatic heterocycles. The van der Waals surface area contributed by atoms with Crippen molar-refractivity contribution < 1.29 is 19.0 Å². The summed E-state index contributed by atoms with van der Waals surface area (Å²) >= 11 is 0. The number of nitrogens with zero attached hydrogens (tertiary/aromatic N) is 2. The van der Waals surface area contributed by atoms with Crippen LogP contribution in [-0.4, -0.2) is 37.0 Å². The van der Waals surface area contributed by atoms with E-state index in [1.807, 2.05) is 0 Å². The lowest BCUT2D eigenvalue weighted by molar-refractivity contribution is -0.124. The predicted molar refractivity (Wildman–Crippen MR) is 84.9 cm³/mol. The summed E-state index contributed by atoms with van der Waals surface area (Å²) in [4.78, 5) is 12.2. The normalized spacial score (nSPS) is 11.7. The van der Waals surface area contributed by atoms with Crippen LogP contribution in [0.1, 0.15) is 18.5 Å². The SMILES string of the molecule is COc1cc(OC)c(OC)cc1CNC(=O)C(C)n1cccn1. The molecule has 1 heterocycles. The maximum absolute atomic E-state index is 12.2. The minimum absolute atomic E-state index is 0.134. The topological polar surface area (TPSA) is 74.6 Å². The minimum atomic E-state index is -0.392. The van der Waals surface area contributed by atoms with Crippen molar-refractivity contribution in [1.82, 2.24) is 15.1 Å². The van der Waals surface area contributed by atoms with Crippen molar-refractivity contribution in [1.29, 1.82) is 0 Å². The summed E-state index contributed by atoms with van der Waals surface area (Å²) in [6.07, 6.45) is 3.39. The molecule has 0 spiro atoms. The Bertz CT molecular complexity index is 656. The number of benzene rings is 1. The van der Waals surface area contributed by atoms with Crippen molar-refractivity contribution in [2.75, 3.05) is 21.3 Å². The van der Waals surface area contributed by atoms with E-state index in [2.05, 4.69) is 10.4 Å². The number of amides is 1. The number of methoxy groups -OCH3 is 3. The second kappa shape index (κ2) is 7.53. The van der Waals surface area contributed by atoms with Crippen LogP contribution in [0, 0.1) is 0 Å². The predicted octanol–water partition coefficient (Wildman–Crippen LogP) is 1.79. The van der Waals surface area contributed by atoms with Crippen LogP contribution in [0.5, 0.6) is 17.2 Å². The maximum atomic E-state index is 12.2. The highest BCUT2D eigenvalue weighted by atomic mass is 16.5. The second-order valence-electron chi connectivity index (χ2n) is 4.90. The number of carbonyl (C=O) groups is 1. The van der Waals surface area contributed by atoms with E-state index in [1.165, 1.54) is 0 Å². The summed E-state index contributed by atoms with van der Waals surface area (Å²) in [6.45, 7) is 2.10. The molecule has 23 heavy (non-hydrogen) atoms. The van der Waals surface area contributed by atoms with E-state index in [1.54, 1.807) is 63.5 Å². The highest BCUT2D eigenvalue weighted by molar-refractivity contribution is 5.79. The molecule has 124 valence electrons. The molecule has 0 radical (unpaired) electrons. The number of rotatable bonds is 7. The number of aromatic nitrogens is 2. The third kappa shape index (κ3) is 3.74. The Labute approximate surface area is 135 Å². The van der Waals surface area contributed by atoms with Crippen molar-refractivity contribution in [3.8, 4) is 17.2 Å². The van der Waals surface area contributed by atoms with Gasteiger partial charge in [-0.15, -0.1) is 0 Å². The summed E-state index contributed by atoms with van der Waals surface area (Å²) in [7, 11) is 4.69. The van der Waals surface area contributed by atoms with Gasteiger partial charge < -0.3 is 19.5 Å². The van der Waals surface area contributed by atoms with Gasteiger partial charge in [0.2, 0.25) is 5.91 Å². The fourth-order valence-corrected chi connectivity index (χ4v) is 2.19. The summed E-state index contributed by atoms with van der Waals surface area (Å²) in [6, 6.07) is 4.91. The molecule has 7 nitrogen and oxygen atoms in total. The number of ether oxygens (including phenoxy) is 3. The number of hydrogen-bond donors (Lipinski definition) is 1. The molecule has 1 aromatic carbocycles. The molecule has 2 aromatic rings. The Kier molecular flexibility index (Phi) is 5.46. The highest BCUT2D eigenvalue weighted by Crippen LogP contribution is 2.34. The third-order valence-electron chi connectivity index (χ3n) is 3.54. The standard InChI is InChI=1S/C16H21N3O4/c1-11(19-7-5-6-18-19)16(20)17-10-12-8-14(22-3)15(23-4)9-13(12)21-2/h5-9,11H,10H2,1-4H3,(H,17,20). The van der Waals surface area contributed by atoms with Crippen LogP contribution < -0.4 is 19.5 Å². The maximum Gasteiger partial charge on any atom is 0.244 e. The second-order valence-corrected chi connectivity index (χ2v) is 4.90. The molecule has 1 amide bonds. The molecule has 1 unspecified atom stereocenters. The van der Waals surface area contributed by atoms with Gasteiger partial charge in [0, 0.05) is 30.6 Å². The van der Waals surface area contributed by atoms with Crippen LogP contribution in [0.25, 0.3) is 0 Å². The van der Waals surface area contributed by atoms with Crippen molar-refractivity contribution in [2.24, 2.45) is 0 Å². The molecular formula is C16H21N3O4. The molecular weight excluding hydrogens is 298 g/mol. The van der Waals surface area contributed by atoms with Crippen molar-refractivity contribution >= 4 is 5.91 Å². The van der Waals surface area contributed by atoms with Gasteiger partial charge in [0.05, 0.1) is 21.3 Å². The van der Waals surface area contributed by atoms with E-state index in [-0.39, 0.29) is 5.91 Å². The zero-order valence-corrected chi connectivity index (χ0v) is 13.7. The Balaban J connectivity index is 2.11. The van der Waals surface area contributed by atoms with Gasteiger partial charge >= 0.3 is 0 Å². The van der Waals surface area contributed by atoms with Crippen LogP contribution in [0.15, 0.2) is 30.6 Å². The van der Waals surface area contributed by atoms with E-state index in [4.69, 9.17) is 14.2 Å². The first kappa shape index (κ1) is 16.7. The third-order valence-corrected chi connectivity index (χ3v) is 3.54. The van der Waals surface area contributed by atoms with Gasteiger partial charge in [-0.3, -0.25) is 9.48 Å². The van der Waals surface area contributed by atoms with Gasteiger partial charge in [0.15, 0.2) is 11.5 Å². The van der Waals surface area contributed by atoms with Crippen LogP contribution in [0.2, 0.25) is 0 Å². The average molecular weight is 319 g/mol.